The Morgan fingerprint density at radius 3 is 2.35 bits per heavy atom. The summed E-state index contributed by atoms with van der Waals surface area (Å²) in [6.45, 7) is 1.88. The number of ketones is 1. The molecule has 4 heteroatoms. The standard InChI is InChI=1S/C16H16N2OS/c1-10(16(18)20)12-8-5-9-13(14(12)17)15(19)11-6-3-2-4-7-11/h2-10H,17H2,1H3,(H2,18,20). The number of carbonyl (C=O) groups excluding carboxylic acids is 1. The number of hydrogen-bond donors (Lipinski definition) is 2. The van der Waals surface area contributed by atoms with Crippen LogP contribution in [0.5, 0.6) is 0 Å². The van der Waals surface area contributed by atoms with Crippen LogP contribution in [-0.4, -0.2) is 10.8 Å². The molecule has 1 unspecified atom stereocenters. The van der Waals surface area contributed by atoms with Gasteiger partial charge in [-0.3, -0.25) is 4.79 Å². The minimum absolute atomic E-state index is 0.0971. The van der Waals surface area contributed by atoms with E-state index in [1.54, 1.807) is 24.3 Å². The first-order valence-electron chi connectivity index (χ1n) is 6.29. The number of thiocarbonyl (C=S) groups is 1. The quantitative estimate of drug-likeness (QED) is 0.514. The average molecular weight is 284 g/mol. The summed E-state index contributed by atoms with van der Waals surface area (Å²) in [7, 11) is 0. The first kappa shape index (κ1) is 14.2. The molecule has 0 saturated carbocycles. The van der Waals surface area contributed by atoms with Gasteiger partial charge in [0.1, 0.15) is 0 Å². The average Bonchev–Trinajstić information content (AvgIpc) is 2.47. The molecule has 0 fully saturated rings. The summed E-state index contributed by atoms with van der Waals surface area (Å²) in [6.07, 6.45) is 0. The monoisotopic (exact) mass is 284 g/mol. The number of carbonyl (C=O) groups is 1. The van der Waals surface area contributed by atoms with Crippen molar-refractivity contribution in [3.63, 3.8) is 0 Å². The van der Waals surface area contributed by atoms with Crippen molar-refractivity contribution in [3.05, 3.63) is 65.2 Å². The molecular formula is C16H16N2OS. The molecule has 0 aliphatic heterocycles. The van der Waals surface area contributed by atoms with Crippen molar-refractivity contribution < 1.29 is 4.79 Å². The van der Waals surface area contributed by atoms with Crippen LogP contribution in [0.4, 0.5) is 5.69 Å². The van der Waals surface area contributed by atoms with Gasteiger partial charge in [-0.2, -0.15) is 0 Å². The van der Waals surface area contributed by atoms with Gasteiger partial charge in [-0.1, -0.05) is 61.6 Å². The van der Waals surface area contributed by atoms with Gasteiger partial charge < -0.3 is 11.5 Å². The van der Waals surface area contributed by atoms with Crippen LogP contribution in [0.1, 0.15) is 34.3 Å². The minimum atomic E-state index is -0.159. The Morgan fingerprint density at radius 2 is 1.75 bits per heavy atom. The van der Waals surface area contributed by atoms with E-state index in [0.29, 0.717) is 21.8 Å². The highest BCUT2D eigenvalue weighted by atomic mass is 32.1. The van der Waals surface area contributed by atoms with Crippen LogP contribution in [0.15, 0.2) is 48.5 Å². The second-order valence-electron chi connectivity index (χ2n) is 4.63. The number of nitrogens with two attached hydrogens (primary N) is 2. The van der Waals surface area contributed by atoms with Gasteiger partial charge in [-0.05, 0) is 11.6 Å². The lowest BCUT2D eigenvalue weighted by Gasteiger charge is -2.15. The molecule has 4 N–H and O–H groups in total. The third-order valence-corrected chi connectivity index (χ3v) is 3.67. The van der Waals surface area contributed by atoms with E-state index in [-0.39, 0.29) is 11.7 Å². The number of anilines is 1. The summed E-state index contributed by atoms with van der Waals surface area (Å²) in [5, 5.41) is 0. The molecule has 2 aromatic rings. The van der Waals surface area contributed by atoms with Crippen molar-refractivity contribution >= 4 is 28.7 Å². The van der Waals surface area contributed by atoms with Crippen LogP contribution < -0.4 is 11.5 Å². The number of rotatable bonds is 4. The summed E-state index contributed by atoms with van der Waals surface area (Å²) in [4.78, 5) is 12.8. The lowest BCUT2D eigenvalue weighted by molar-refractivity contribution is 0.103. The molecule has 1 atom stereocenters. The normalized spacial score (nSPS) is 11.8. The topological polar surface area (TPSA) is 69.1 Å². The SMILES string of the molecule is CC(C(N)=S)c1cccc(C(=O)c2ccccc2)c1N. The lowest BCUT2D eigenvalue weighted by atomic mass is 9.93. The summed E-state index contributed by atoms with van der Waals surface area (Å²) >= 11 is 5.00. The van der Waals surface area contributed by atoms with Gasteiger partial charge >= 0.3 is 0 Å². The third-order valence-electron chi connectivity index (χ3n) is 3.31. The van der Waals surface area contributed by atoms with E-state index in [2.05, 4.69) is 0 Å². The fourth-order valence-electron chi connectivity index (χ4n) is 2.06. The van der Waals surface area contributed by atoms with E-state index < -0.39 is 0 Å². The zero-order valence-corrected chi connectivity index (χ0v) is 12.0. The van der Waals surface area contributed by atoms with Crippen molar-refractivity contribution in [3.8, 4) is 0 Å². The Kier molecular flexibility index (Phi) is 4.15. The highest BCUT2D eigenvalue weighted by Gasteiger charge is 2.18. The summed E-state index contributed by atoms with van der Waals surface area (Å²) < 4.78 is 0. The van der Waals surface area contributed by atoms with Crippen LogP contribution in [0.3, 0.4) is 0 Å². The smallest absolute Gasteiger partial charge is 0.195 e. The van der Waals surface area contributed by atoms with E-state index >= 15 is 0 Å². The maximum Gasteiger partial charge on any atom is 0.195 e. The van der Waals surface area contributed by atoms with Crippen molar-refractivity contribution in [2.75, 3.05) is 5.73 Å². The Hall–Kier alpha value is -2.20. The number of benzene rings is 2. The van der Waals surface area contributed by atoms with Crippen LogP contribution >= 0.6 is 12.2 Å². The molecule has 102 valence electrons. The lowest BCUT2D eigenvalue weighted by Crippen LogP contribution is -2.18. The molecule has 0 aliphatic rings. The van der Waals surface area contributed by atoms with Gasteiger partial charge in [0.25, 0.3) is 0 Å². The maximum absolute atomic E-state index is 12.5. The molecule has 0 heterocycles. The molecular weight excluding hydrogens is 268 g/mol. The van der Waals surface area contributed by atoms with Gasteiger partial charge in [0, 0.05) is 22.7 Å². The molecule has 2 rings (SSSR count). The van der Waals surface area contributed by atoms with Gasteiger partial charge in [0.2, 0.25) is 0 Å². The van der Waals surface area contributed by atoms with Gasteiger partial charge in [-0.15, -0.1) is 0 Å². The Labute approximate surface area is 123 Å². The maximum atomic E-state index is 12.5. The fourth-order valence-corrected chi connectivity index (χ4v) is 2.18. The van der Waals surface area contributed by atoms with Crippen LogP contribution in [0.25, 0.3) is 0 Å². The zero-order chi connectivity index (χ0) is 14.7. The molecule has 3 nitrogen and oxygen atoms in total. The predicted octanol–water partition coefficient (Wildman–Crippen LogP) is 2.89. The first-order chi connectivity index (χ1) is 9.52. The fraction of sp³-hybridized carbons (Fsp3) is 0.125. The second kappa shape index (κ2) is 5.84. The zero-order valence-electron chi connectivity index (χ0n) is 11.2. The van der Waals surface area contributed by atoms with Crippen LogP contribution in [0.2, 0.25) is 0 Å². The van der Waals surface area contributed by atoms with Gasteiger partial charge in [-0.25, -0.2) is 0 Å². The Balaban J connectivity index is 2.46. The molecule has 20 heavy (non-hydrogen) atoms. The Morgan fingerprint density at radius 1 is 1.10 bits per heavy atom. The highest BCUT2D eigenvalue weighted by molar-refractivity contribution is 7.80. The highest BCUT2D eigenvalue weighted by Crippen LogP contribution is 2.27. The van der Waals surface area contributed by atoms with Gasteiger partial charge in [0.15, 0.2) is 5.78 Å². The van der Waals surface area contributed by atoms with Crippen molar-refractivity contribution in [2.24, 2.45) is 5.73 Å². The van der Waals surface area contributed by atoms with E-state index in [1.165, 1.54) is 0 Å². The van der Waals surface area contributed by atoms with E-state index in [0.717, 1.165) is 5.56 Å². The molecule has 2 aromatic carbocycles. The third kappa shape index (κ3) is 2.70. The number of nitrogen functional groups attached to an aromatic ring is 1. The van der Waals surface area contributed by atoms with E-state index in [9.17, 15) is 4.79 Å². The van der Waals surface area contributed by atoms with Crippen molar-refractivity contribution in [1.29, 1.82) is 0 Å². The molecule has 0 saturated heterocycles. The molecule has 0 bridgehead atoms. The predicted molar refractivity (Wildman–Crippen MR) is 85.9 cm³/mol. The van der Waals surface area contributed by atoms with Crippen molar-refractivity contribution in [1.82, 2.24) is 0 Å². The largest absolute Gasteiger partial charge is 0.398 e. The Bertz CT molecular complexity index is 653. The molecule has 0 aromatic heterocycles. The number of hydrogen-bond acceptors (Lipinski definition) is 3. The van der Waals surface area contributed by atoms with Gasteiger partial charge in [0.05, 0.1) is 4.99 Å². The summed E-state index contributed by atoms with van der Waals surface area (Å²) in [5.41, 5.74) is 14.1. The number of para-hydroxylation sites is 1. The molecule has 0 aliphatic carbocycles. The molecule has 0 amide bonds. The van der Waals surface area contributed by atoms with Crippen LogP contribution in [-0.2, 0) is 0 Å². The van der Waals surface area contributed by atoms with E-state index in [4.69, 9.17) is 23.7 Å². The minimum Gasteiger partial charge on any atom is -0.398 e. The first-order valence-corrected chi connectivity index (χ1v) is 6.70. The van der Waals surface area contributed by atoms with Crippen molar-refractivity contribution in [2.45, 2.75) is 12.8 Å². The van der Waals surface area contributed by atoms with Crippen LogP contribution in [0, 0.1) is 0 Å². The summed E-state index contributed by atoms with van der Waals surface area (Å²) in [5.74, 6) is -0.256. The molecule has 0 radical (unpaired) electrons. The van der Waals surface area contributed by atoms with E-state index in [1.807, 2.05) is 31.2 Å². The molecule has 0 spiro atoms. The second-order valence-corrected chi connectivity index (χ2v) is 5.10. The summed E-state index contributed by atoms with van der Waals surface area (Å²) in [6, 6.07) is 14.4.